The quantitative estimate of drug-likeness (QED) is 0.603. The molecule has 0 N–H and O–H groups in total. The third-order valence-electron chi connectivity index (χ3n) is 2.29. The van der Waals surface area contributed by atoms with Gasteiger partial charge in [-0.1, -0.05) is 24.3 Å². The molecule has 1 heterocycles. The molecule has 82 valence electrons. The molecule has 0 amide bonds. The summed E-state index contributed by atoms with van der Waals surface area (Å²) in [6, 6.07) is 7.32. The van der Waals surface area contributed by atoms with Crippen LogP contribution < -0.4 is 5.56 Å². The number of hydrogen-bond acceptors (Lipinski definition) is 2. The lowest BCUT2D eigenvalue weighted by Crippen LogP contribution is -2.19. The van der Waals surface area contributed by atoms with Crippen molar-refractivity contribution in [3.05, 3.63) is 53.1 Å². The van der Waals surface area contributed by atoms with Crippen LogP contribution >= 0.6 is 11.6 Å². The Hall–Kier alpha value is -1.61. The summed E-state index contributed by atoms with van der Waals surface area (Å²) in [5.41, 5.74) is 0.704. The summed E-state index contributed by atoms with van der Waals surface area (Å²) in [4.78, 5) is 16.2. The molecule has 2 aromatic rings. The van der Waals surface area contributed by atoms with Gasteiger partial charge in [-0.15, -0.1) is 11.6 Å². The van der Waals surface area contributed by atoms with Gasteiger partial charge >= 0.3 is 0 Å². The predicted molar refractivity (Wildman–Crippen MR) is 65.9 cm³/mol. The number of fused-ring (bicyclic) bond motifs is 1. The monoisotopic (exact) mass is 234 g/mol. The molecule has 0 radical (unpaired) electrons. The van der Waals surface area contributed by atoms with E-state index in [0.717, 1.165) is 5.52 Å². The zero-order valence-electron chi connectivity index (χ0n) is 8.64. The minimum atomic E-state index is -0.0233. The molecular weight excluding hydrogens is 224 g/mol. The van der Waals surface area contributed by atoms with E-state index in [0.29, 0.717) is 17.8 Å². The zero-order valence-corrected chi connectivity index (χ0v) is 9.39. The van der Waals surface area contributed by atoms with Crippen molar-refractivity contribution in [1.82, 2.24) is 9.55 Å². The molecule has 4 heteroatoms. The summed E-state index contributed by atoms with van der Waals surface area (Å²) in [5, 5.41) is 0.643. The Morgan fingerprint density at radius 1 is 1.31 bits per heavy atom. The second-order valence-corrected chi connectivity index (χ2v) is 3.65. The summed E-state index contributed by atoms with van der Waals surface area (Å²) in [6.07, 6.45) is 5.22. The molecule has 1 aromatic heterocycles. The van der Waals surface area contributed by atoms with Gasteiger partial charge in [-0.25, -0.2) is 4.98 Å². The van der Waals surface area contributed by atoms with Crippen LogP contribution in [0.1, 0.15) is 0 Å². The number of allylic oxidation sites excluding steroid dienone is 2. The smallest absolute Gasteiger partial charge is 0.261 e. The van der Waals surface area contributed by atoms with Gasteiger partial charge < -0.3 is 0 Å². The van der Waals surface area contributed by atoms with Gasteiger partial charge in [0.2, 0.25) is 0 Å². The van der Waals surface area contributed by atoms with Crippen LogP contribution in [0.4, 0.5) is 0 Å². The number of para-hydroxylation sites is 1. The van der Waals surface area contributed by atoms with E-state index in [-0.39, 0.29) is 5.56 Å². The van der Waals surface area contributed by atoms with Crippen molar-refractivity contribution in [2.24, 2.45) is 0 Å². The van der Waals surface area contributed by atoms with Gasteiger partial charge in [-0.2, -0.15) is 0 Å². The SMILES string of the molecule is O=c1c2ccccc2ncn1CC=CCCl. The molecule has 0 unspecified atom stereocenters. The summed E-state index contributed by atoms with van der Waals surface area (Å²) >= 11 is 5.51. The van der Waals surface area contributed by atoms with E-state index in [2.05, 4.69) is 4.98 Å². The Morgan fingerprint density at radius 3 is 2.94 bits per heavy atom. The highest BCUT2D eigenvalue weighted by atomic mass is 35.5. The zero-order chi connectivity index (χ0) is 11.4. The molecule has 2 rings (SSSR count). The fourth-order valence-corrected chi connectivity index (χ4v) is 1.61. The standard InChI is InChI=1S/C12H11ClN2O/c13-7-3-4-8-15-9-14-11-6-2-1-5-10(11)12(15)16/h1-6,9H,7-8H2. The van der Waals surface area contributed by atoms with Crippen LogP contribution in [0.15, 0.2) is 47.5 Å². The maximum atomic E-state index is 12.0. The third-order valence-corrected chi connectivity index (χ3v) is 2.47. The molecule has 1 aromatic carbocycles. The first kappa shape index (κ1) is 10.9. The normalized spacial score (nSPS) is 11.3. The van der Waals surface area contributed by atoms with E-state index in [1.54, 1.807) is 17.0 Å². The van der Waals surface area contributed by atoms with E-state index in [4.69, 9.17) is 11.6 Å². The molecule has 0 fully saturated rings. The molecule has 0 atom stereocenters. The summed E-state index contributed by atoms with van der Waals surface area (Å²) in [6.45, 7) is 0.503. The topological polar surface area (TPSA) is 34.9 Å². The van der Waals surface area contributed by atoms with Crippen LogP contribution in [0.25, 0.3) is 10.9 Å². The molecule has 0 saturated heterocycles. The Morgan fingerprint density at radius 2 is 2.12 bits per heavy atom. The second-order valence-electron chi connectivity index (χ2n) is 3.34. The van der Waals surface area contributed by atoms with Crippen LogP contribution in [0.3, 0.4) is 0 Å². The number of alkyl halides is 1. The van der Waals surface area contributed by atoms with Crippen molar-refractivity contribution >= 4 is 22.5 Å². The fourth-order valence-electron chi connectivity index (χ4n) is 1.49. The maximum absolute atomic E-state index is 12.0. The molecule has 0 bridgehead atoms. The van der Waals surface area contributed by atoms with E-state index in [1.807, 2.05) is 30.4 Å². The van der Waals surface area contributed by atoms with Crippen molar-refractivity contribution < 1.29 is 0 Å². The Balaban J connectivity index is 2.45. The molecular formula is C12H11ClN2O. The first-order valence-electron chi connectivity index (χ1n) is 4.98. The lowest BCUT2D eigenvalue weighted by molar-refractivity contribution is 0.766. The van der Waals surface area contributed by atoms with E-state index >= 15 is 0 Å². The van der Waals surface area contributed by atoms with Gasteiger partial charge in [0.05, 0.1) is 17.2 Å². The van der Waals surface area contributed by atoms with Gasteiger partial charge in [-0.05, 0) is 12.1 Å². The molecule has 0 saturated carbocycles. The van der Waals surface area contributed by atoms with E-state index in [9.17, 15) is 4.79 Å². The first-order valence-corrected chi connectivity index (χ1v) is 5.51. The number of nitrogens with zero attached hydrogens (tertiary/aromatic N) is 2. The third kappa shape index (κ3) is 2.14. The van der Waals surface area contributed by atoms with Gasteiger partial charge in [0.1, 0.15) is 0 Å². The average molecular weight is 235 g/mol. The van der Waals surface area contributed by atoms with Crippen LogP contribution in [-0.2, 0) is 6.54 Å². The number of rotatable bonds is 3. The Labute approximate surface area is 98.0 Å². The van der Waals surface area contributed by atoms with E-state index < -0.39 is 0 Å². The molecule has 0 spiro atoms. The lowest BCUT2D eigenvalue weighted by atomic mass is 10.2. The van der Waals surface area contributed by atoms with Gasteiger partial charge in [0, 0.05) is 12.4 Å². The number of halogens is 1. The first-order chi connectivity index (χ1) is 7.83. The summed E-state index contributed by atoms with van der Waals surface area (Å²) < 4.78 is 1.56. The molecule has 0 aliphatic carbocycles. The lowest BCUT2D eigenvalue weighted by Gasteiger charge is -2.02. The summed E-state index contributed by atoms with van der Waals surface area (Å²) in [7, 11) is 0. The van der Waals surface area contributed by atoms with Crippen molar-refractivity contribution in [1.29, 1.82) is 0 Å². The minimum Gasteiger partial charge on any atom is -0.295 e. The van der Waals surface area contributed by atoms with Crippen molar-refractivity contribution in [2.75, 3.05) is 5.88 Å². The van der Waals surface area contributed by atoms with Gasteiger partial charge in [-0.3, -0.25) is 9.36 Å². The highest BCUT2D eigenvalue weighted by Gasteiger charge is 2.00. The molecule has 0 aliphatic rings. The van der Waals surface area contributed by atoms with Gasteiger partial charge in [0.25, 0.3) is 5.56 Å². The second kappa shape index (κ2) is 4.94. The summed E-state index contributed by atoms with van der Waals surface area (Å²) in [5.74, 6) is 0.454. The van der Waals surface area contributed by atoms with Crippen LogP contribution in [0.2, 0.25) is 0 Å². The van der Waals surface area contributed by atoms with Crippen molar-refractivity contribution in [3.8, 4) is 0 Å². The number of hydrogen-bond donors (Lipinski definition) is 0. The minimum absolute atomic E-state index is 0.0233. The fraction of sp³-hybridized carbons (Fsp3) is 0.167. The average Bonchev–Trinajstić information content (AvgIpc) is 2.33. The highest BCUT2D eigenvalue weighted by Crippen LogP contribution is 2.04. The molecule has 0 aliphatic heterocycles. The predicted octanol–water partition coefficient (Wildman–Crippen LogP) is 2.19. The van der Waals surface area contributed by atoms with Crippen molar-refractivity contribution in [3.63, 3.8) is 0 Å². The maximum Gasteiger partial charge on any atom is 0.261 e. The highest BCUT2D eigenvalue weighted by molar-refractivity contribution is 6.18. The Kier molecular flexibility index (Phi) is 3.37. The number of aromatic nitrogens is 2. The number of benzene rings is 1. The van der Waals surface area contributed by atoms with Crippen molar-refractivity contribution in [2.45, 2.75) is 6.54 Å². The van der Waals surface area contributed by atoms with Crippen LogP contribution in [0.5, 0.6) is 0 Å². The molecule has 3 nitrogen and oxygen atoms in total. The largest absolute Gasteiger partial charge is 0.295 e. The molecule has 16 heavy (non-hydrogen) atoms. The van der Waals surface area contributed by atoms with Crippen LogP contribution in [-0.4, -0.2) is 15.4 Å². The van der Waals surface area contributed by atoms with Gasteiger partial charge in [0.15, 0.2) is 0 Å². The van der Waals surface area contributed by atoms with Crippen LogP contribution in [0, 0.1) is 0 Å². The Bertz CT molecular complexity index is 574. The van der Waals surface area contributed by atoms with E-state index in [1.165, 1.54) is 0 Å².